The van der Waals surface area contributed by atoms with Crippen molar-refractivity contribution >= 4 is 17.3 Å². The Hall–Kier alpha value is -2.61. The van der Waals surface area contributed by atoms with E-state index in [0.717, 1.165) is 0 Å². The Morgan fingerprint density at radius 3 is 2.57 bits per heavy atom. The first kappa shape index (κ1) is 14.8. The van der Waals surface area contributed by atoms with Crippen LogP contribution in [-0.4, -0.2) is 29.1 Å². The first-order valence-electron chi connectivity index (χ1n) is 5.61. The highest BCUT2D eigenvalue weighted by molar-refractivity contribution is 6.31. The molecule has 1 aromatic heterocycles. The van der Waals surface area contributed by atoms with Gasteiger partial charge in [0, 0.05) is 6.07 Å². The Labute approximate surface area is 124 Å². The van der Waals surface area contributed by atoms with Gasteiger partial charge in [0.2, 0.25) is 5.75 Å². The SMILES string of the molecule is COc1ccc([N+](=O)[O-])cc1Oc1ncnc(Cl)c1OC. The van der Waals surface area contributed by atoms with Gasteiger partial charge in [0.1, 0.15) is 6.33 Å². The molecule has 0 atom stereocenters. The fraction of sp³-hybridized carbons (Fsp3) is 0.167. The third kappa shape index (κ3) is 3.11. The molecular formula is C12H10ClN3O5. The Kier molecular flexibility index (Phi) is 4.39. The fourth-order valence-electron chi connectivity index (χ4n) is 1.54. The van der Waals surface area contributed by atoms with Crippen LogP contribution in [-0.2, 0) is 0 Å². The van der Waals surface area contributed by atoms with Gasteiger partial charge in [0.15, 0.2) is 16.7 Å². The molecule has 0 unspecified atom stereocenters. The molecule has 0 aliphatic carbocycles. The van der Waals surface area contributed by atoms with Crippen molar-refractivity contribution in [1.29, 1.82) is 0 Å². The second-order valence-electron chi connectivity index (χ2n) is 3.70. The van der Waals surface area contributed by atoms with Gasteiger partial charge < -0.3 is 14.2 Å². The molecule has 0 amide bonds. The summed E-state index contributed by atoms with van der Waals surface area (Å²) in [4.78, 5) is 17.9. The zero-order valence-electron chi connectivity index (χ0n) is 11.1. The number of nitro groups is 1. The lowest BCUT2D eigenvalue weighted by Crippen LogP contribution is -1.98. The predicted molar refractivity (Wildman–Crippen MR) is 73.3 cm³/mol. The number of halogens is 1. The molecule has 0 aliphatic rings. The van der Waals surface area contributed by atoms with Crippen LogP contribution in [0.3, 0.4) is 0 Å². The monoisotopic (exact) mass is 311 g/mol. The molecule has 1 heterocycles. The normalized spacial score (nSPS) is 10.0. The summed E-state index contributed by atoms with van der Waals surface area (Å²) in [5.74, 6) is 0.557. The molecule has 0 saturated heterocycles. The van der Waals surface area contributed by atoms with Crippen molar-refractivity contribution in [2.75, 3.05) is 14.2 Å². The maximum Gasteiger partial charge on any atom is 0.273 e. The first-order chi connectivity index (χ1) is 10.1. The minimum Gasteiger partial charge on any atom is -0.493 e. The van der Waals surface area contributed by atoms with E-state index in [4.69, 9.17) is 25.8 Å². The van der Waals surface area contributed by atoms with Crippen LogP contribution in [0.2, 0.25) is 5.15 Å². The van der Waals surface area contributed by atoms with Crippen LogP contribution in [0.1, 0.15) is 0 Å². The van der Waals surface area contributed by atoms with Crippen LogP contribution in [0.4, 0.5) is 5.69 Å². The number of hydrogen-bond donors (Lipinski definition) is 0. The number of nitrogens with zero attached hydrogens (tertiary/aromatic N) is 3. The number of hydrogen-bond acceptors (Lipinski definition) is 7. The van der Waals surface area contributed by atoms with Crippen molar-refractivity contribution in [2.24, 2.45) is 0 Å². The van der Waals surface area contributed by atoms with Crippen LogP contribution in [0.25, 0.3) is 0 Å². The van der Waals surface area contributed by atoms with Gasteiger partial charge in [-0.15, -0.1) is 0 Å². The van der Waals surface area contributed by atoms with Gasteiger partial charge in [-0.2, -0.15) is 4.98 Å². The highest BCUT2D eigenvalue weighted by atomic mass is 35.5. The van der Waals surface area contributed by atoms with E-state index in [1.807, 2.05) is 0 Å². The lowest BCUT2D eigenvalue weighted by molar-refractivity contribution is -0.384. The van der Waals surface area contributed by atoms with Crippen LogP contribution in [0.5, 0.6) is 23.1 Å². The van der Waals surface area contributed by atoms with E-state index in [1.165, 1.54) is 38.7 Å². The summed E-state index contributed by atoms with van der Waals surface area (Å²) in [5, 5.41) is 10.9. The number of aromatic nitrogens is 2. The molecule has 1 aromatic carbocycles. The van der Waals surface area contributed by atoms with Crippen molar-refractivity contribution in [3.8, 4) is 23.1 Å². The quantitative estimate of drug-likeness (QED) is 0.475. The molecule has 0 fully saturated rings. The molecule has 0 radical (unpaired) electrons. The van der Waals surface area contributed by atoms with Gasteiger partial charge in [-0.05, 0) is 6.07 Å². The van der Waals surface area contributed by atoms with Crippen molar-refractivity contribution in [3.05, 3.63) is 39.8 Å². The first-order valence-corrected chi connectivity index (χ1v) is 5.99. The Balaban J connectivity index is 2.45. The van der Waals surface area contributed by atoms with E-state index in [1.54, 1.807) is 0 Å². The molecule has 0 spiro atoms. The summed E-state index contributed by atoms with van der Waals surface area (Å²) in [6, 6.07) is 3.94. The maximum atomic E-state index is 10.8. The smallest absolute Gasteiger partial charge is 0.273 e. The molecule has 8 nitrogen and oxygen atoms in total. The third-order valence-corrected chi connectivity index (χ3v) is 2.77. The number of rotatable bonds is 5. The van der Waals surface area contributed by atoms with Crippen LogP contribution < -0.4 is 14.2 Å². The average molecular weight is 312 g/mol. The van der Waals surface area contributed by atoms with Gasteiger partial charge in [-0.3, -0.25) is 10.1 Å². The topological polar surface area (TPSA) is 96.6 Å². The average Bonchev–Trinajstić information content (AvgIpc) is 2.47. The molecule has 0 saturated carbocycles. The second kappa shape index (κ2) is 6.23. The summed E-state index contributed by atoms with van der Waals surface area (Å²) in [6.07, 6.45) is 1.18. The number of non-ortho nitro benzene ring substituents is 1. The van der Waals surface area contributed by atoms with E-state index < -0.39 is 4.92 Å². The third-order valence-electron chi connectivity index (χ3n) is 2.50. The molecule has 21 heavy (non-hydrogen) atoms. The Morgan fingerprint density at radius 1 is 1.19 bits per heavy atom. The van der Waals surface area contributed by atoms with E-state index in [9.17, 15) is 10.1 Å². The van der Waals surface area contributed by atoms with Crippen molar-refractivity contribution in [1.82, 2.24) is 9.97 Å². The highest BCUT2D eigenvalue weighted by Crippen LogP contribution is 2.38. The van der Waals surface area contributed by atoms with E-state index >= 15 is 0 Å². The minimum absolute atomic E-state index is 0.0243. The molecule has 2 aromatic rings. The fourth-order valence-corrected chi connectivity index (χ4v) is 1.75. The lowest BCUT2D eigenvalue weighted by Gasteiger charge is -2.11. The van der Waals surface area contributed by atoms with Crippen molar-refractivity contribution in [2.45, 2.75) is 0 Å². The zero-order chi connectivity index (χ0) is 15.4. The summed E-state index contributed by atoms with van der Waals surface area (Å²) in [7, 11) is 2.79. The van der Waals surface area contributed by atoms with E-state index in [0.29, 0.717) is 5.75 Å². The van der Waals surface area contributed by atoms with Gasteiger partial charge in [0.05, 0.1) is 25.2 Å². The molecular weight excluding hydrogens is 302 g/mol. The molecule has 0 bridgehead atoms. The molecule has 0 N–H and O–H groups in total. The van der Waals surface area contributed by atoms with E-state index in [2.05, 4.69) is 9.97 Å². The number of methoxy groups -OCH3 is 2. The maximum absolute atomic E-state index is 10.8. The highest BCUT2D eigenvalue weighted by Gasteiger charge is 2.17. The molecule has 110 valence electrons. The minimum atomic E-state index is -0.545. The van der Waals surface area contributed by atoms with Crippen LogP contribution in [0.15, 0.2) is 24.5 Å². The molecule has 0 aliphatic heterocycles. The largest absolute Gasteiger partial charge is 0.493 e. The summed E-state index contributed by atoms with van der Waals surface area (Å²) in [6.45, 7) is 0. The molecule has 2 rings (SSSR count). The Bertz CT molecular complexity index is 680. The van der Waals surface area contributed by atoms with Gasteiger partial charge >= 0.3 is 0 Å². The van der Waals surface area contributed by atoms with E-state index in [-0.39, 0.29) is 28.2 Å². The number of ether oxygens (including phenoxy) is 3. The standard InChI is InChI=1S/C12H10ClN3O5/c1-19-8-4-3-7(16(17)18)5-9(8)21-12-10(20-2)11(13)14-6-15-12/h3-6H,1-2H3. The lowest BCUT2D eigenvalue weighted by atomic mass is 10.3. The Morgan fingerprint density at radius 2 is 1.95 bits per heavy atom. The molecule has 9 heteroatoms. The van der Waals surface area contributed by atoms with Gasteiger partial charge in [-0.1, -0.05) is 11.6 Å². The summed E-state index contributed by atoms with van der Waals surface area (Å²) < 4.78 is 15.6. The van der Waals surface area contributed by atoms with Crippen molar-refractivity contribution in [3.63, 3.8) is 0 Å². The number of benzene rings is 1. The summed E-state index contributed by atoms with van der Waals surface area (Å²) >= 11 is 5.86. The van der Waals surface area contributed by atoms with Crippen LogP contribution >= 0.6 is 11.6 Å². The zero-order valence-corrected chi connectivity index (χ0v) is 11.8. The van der Waals surface area contributed by atoms with Crippen LogP contribution in [0, 0.1) is 10.1 Å². The second-order valence-corrected chi connectivity index (χ2v) is 4.06. The summed E-state index contributed by atoms with van der Waals surface area (Å²) in [5.41, 5.74) is -0.148. The predicted octanol–water partition coefficient (Wildman–Crippen LogP) is 2.85. The van der Waals surface area contributed by atoms with Crippen molar-refractivity contribution < 1.29 is 19.1 Å². The van der Waals surface area contributed by atoms with Gasteiger partial charge in [-0.25, -0.2) is 4.98 Å². The van der Waals surface area contributed by atoms with Gasteiger partial charge in [0.25, 0.3) is 11.6 Å². The number of nitro benzene ring substituents is 1.